The van der Waals surface area contributed by atoms with E-state index in [9.17, 15) is 14.7 Å². The van der Waals surface area contributed by atoms with E-state index in [1.165, 1.54) is 12.1 Å². The van der Waals surface area contributed by atoms with Gasteiger partial charge < -0.3 is 20.2 Å². The van der Waals surface area contributed by atoms with Crippen LogP contribution in [0.2, 0.25) is 0 Å². The number of nitrogens with one attached hydrogen (secondary N) is 1. The number of urea groups is 1. The molecule has 1 saturated heterocycles. The third kappa shape index (κ3) is 3.62. The second kappa shape index (κ2) is 7.60. The Kier molecular flexibility index (Phi) is 4.85. The minimum atomic E-state index is -0.166. The number of phenols is 1. The minimum absolute atomic E-state index is 0.0685. The topological polar surface area (TPSA) is 72.9 Å². The van der Waals surface area contributed by atoms with Gasteiger partial charge in [-0.25, -0.2) is 4.79 Å². The number of fused-ring (bicyclic) bond motifs is 1. The van der Waals surface area contributed by atoms with Gasteiger partial charge >= 0.3 is 6.03 Å². The quantitative estimate of drug-likeness (QED) is 0.720. The SMILES string of the molecule is O=C(Nc1cccc2ccccc12)N1CCN(C(=O)c2cccc(O)c2)CC1. The van der Waals surface area contributed by atoms with Crippen LogP contribution in [0.4, 0.5) is 10.5 Å². The molecule has 0 atom stereocenters. The monoisotopic (exact) mass is 375 g/mol. The number of carbonyl (C=O) groups excluding carboxylic acids is 2. The van der Waals surface area contributed by atoms with Crippen molar-refractivity contribution in [3.63, 3.8) is 0 Å². The highest BCUT2D eigenvalue weighted by atomic mass is 16.3. The van der Waals surface area contributed by atoms with Crippen LogP contribution < -0.4 is 5.32 Å². The fourth-order valence-electron chi connectivity index (χ4n) is 3.46. The number of hydrogen-bond donors (Lipinski definition) is 2. The minimum Gasteiger partial charge on any atom is -0.508 e. The summed E-state index contributed by atoms with van der Waals surface area (Å²) >= 11 is 0. The molecule has 0 aromatic heterocycles. The number of amides is 3. The maximum absolute atomic E-state index is 12.7. The number of phenolic OH excluding ortho intramolecular Hbond substituents is 1. The average Bonchev–Trinajstić information content (AvgIpc) is 2.73. The standard InChI is InChI=1S/C22H21N3O3/c26-18-8-3-7-17(15-18)21(27)24-11-13-25(14-12-24)22(28)23-20-10-4-6-16-5-1-2-9-19(16)20/h1-10,15,26H,11-14H2,(H,23,28). The molecule has 1 heterocycles. The number of rotatable bonds is 2. The number of hydrogen-bond acceptors (Lipinski definition) is 3. The van der Waals surface area contributed by atoms with Crippen LogP contribution in [0.5, 0.6) is 5.75 Å². The lowest BCUT2D eigenvalue weighted by Crippen LogP contribution is -2.51. The molecular weight excluding hydrogens is 354 g/mol. The highest BCUT2D eigenvalue weighted by Crippen LogP contribution is 2.23. The molecule has 1 fully saturated rings. The first kappa shape index (κ1) is 17.9. The Balaban J connectivity index is 1.39. The summed E-state index contributed by atoms with van der Waals surface area (Å²) in [4.78, 5) is 28.7. The molecule has 1 aliphatic heterocycles. The third-order valence-corrected chi connectivity index (χ3v) is 4.98. The number of aromatic hydroxyl groups is 1. The molecule has 2 N–H and O–H groups in total. The van der Waals surface area contributed by atoms with Crippen molar-refractivity contribution in [3.05, 3.63) is 72.3 Å². The zero-order valence-corrected chi connectivity index (χ0v) is 15.3. The van der Waals surface area contributed by atoms with E-state index in [1.54, 1.807) is 21.9 Å². The lowest BCUT2D eigenvalue weighted by atomic mass is 10.1. The molecule has 28 heavy (non-hydrogen) atoms. The summed E-state index contributed by atoms with van der Waals surface area (Å²) in [6.45, 7) is 1.83. The molecule has 0 aliphatic carbocycles. The predicted molar refractivity (Wildman–Crippen MR) is 109 cm³/mol. The number of piperazine rings is 1. The summed E-state index contributed by atoms with van der Waals surface area (Å²) in [7, 11) is 0. The van der Waals surface area contributed by atoms with Crippen LogP contribution in [0.1, 0.15) is 10.4 Å². The van der Waals surface area contributed by atoms with Crippen LogP contribution in [0.25, 0.3) is 10.8 Å². The summed E-state index contributed by atoms with van der Waals surface area (Å²) in [6, 6.07) is 19.9. The molecule has 3 amide bonds. The Bertz CT molecular complexity index is 1020. The van der Waals surface area contributed by atoms with Crippen molar-refractivity contribution in [1.82, 2.24) is 9.80 Å². The van der Waals surface area contributed by atoms with E-state index in [0.717, 1.165) is 16.5 Å². The van der Waals surface area contributed by atoms with E-state index in [0.29, 0.717) is 31.7 Å². The van der Waals surface area contributed by atoms with Gasteiger partial charge in [0.2, 0.25) is 0 Å². The van der Waals surface area contributed by atoms with Crippen molar-refractivity contribution in [2.45, 2.75) is 0 Å². The van der Waals surface area contributed by atoms with Crippen molar-refractivity contribution in [1.29, 1.82) is 0 Å². The van der Waals surface area contributed by atoms with E-state index in [4.69, 9.17) is 0 Å². The van der Waals surface area contributed by atoms with Gasteiger partial charge in [-0.3, -0.25) is 4.79 Å². The number of anilines is 1. The number of benzene rings is 3. The van der Waals surface area contributed by atoms with Crippen LogP contribution in [0.15, 0.2) is 66.7 Å². The Labute approximate surface area is 163 Å². The van der Waals surface area contributed by atoms with E-state index in [-0.39, 0.29) is 17.7 Å². The van der Waals surface area contributed by atoms with E-state index >= 15 is 0 Å². The number of carbonyl (C=O) groups is 2. The molecule has 1 aliphatic rings. The van der Waals surface area contributed by atoms with Crippen molar-refractivity contribution in [2.75, 3.05) is 31.5 Å². The van der Waals surface area contributed by atoms with Crippen LogP contribution in [0, 0.1) is 0 Å². The summed E-state index contributed by atoms with van der Waals surface area (Å²) in [5.41, 5.74) is 1.23. The maximum atomic E-state index is 12.7. The second-order valence-corrected chi connectivity index (χ2v) is 6.79. The van der Waals surface area contributed by atoms with Crippen molar-refractivity contribution in [2.24, 2.45) is 0 Å². The lowest BCUT2D eigenvalue weighted by Gasteiger charge is -2.34. The molecule has 6 nitrogen and oxygen atoms in total. The molecule has 0 radical (unpaired) electrons. The smallest absolute Gasteiger partial charge is 0.321 e. The predicted octanol–water partition coefficient (Wildman–Crippen LogP) is 3.54. The Morgan fingerprint density at radius 3 is 2.29 bits per heavy atom. The average molecular weight is 375 g/mol. The largest absolute Gasteiger partial charge is 0.508 e. The molecule has 142 valence electrons. The molecule has 0 unspecified atom stereocenters. The zero-order chi connectivity index (χ0) is 19.5. The Morgan fingerprint density at radius 2 is 1.50 bits per heavy atom. The maximum Gasteiger partial charge on any atom is 0.321 e. The van der Waals surface area contributed by atoms with Gasteiger partial charge in [0.1, 0.15) is 5.75 Å². The summed E-state index contributed by atoms with van der Waals surface area (Å²) in [5.74, 6) is -0.0658. The molecule has 4 rings (SSSR count). The van der Waals surface area contributed by atoms with Crippen LogP contribution in [-0.2, 0) is 0 Å². The molecular formula is C22H21N3O3. The van der Waals surface area contributed by atoms with Gasteiger partial charge in [-0.1, -0.05) is 42.5 Å². The molecule has 0 bridgehead atoms. The lowest BCUT2D eigenvalue weighted by molar-refractivity contribution is 0.0671. The first-order chi connectivity index (χ1) is 13.6. The van der Waals surface area contributed by atoms with Gasteiger partial charge in [-0.15, -0.1) is 0 Å². The molecule has 3 aromatic rings. The fourth-order valence-corrected chi connectivity index (χ4v) is 3.46. The molecule has 6 heteroatoms. The van der Waals surface area contributed by atoms with Crippen molar-refractivity contribution >= 4 is 28.4 Å². The first-order valence-corrected chi connectivity index (χ1v) is 9.24. The first-order valence-electron chi connectivity index (χ1n) is 9.24. The van der Waals surface area contributed by atoms with Crippen molar-refractivity contribution < 1.29 is 14.7 Å². The fraction of sp³-hybridized carbons (Fsp3) is 0.182. The van der Waals surface area contributed by atoms with Crippen molar-refractivity contribution in [3.8, 4) is 5.75 Å². The Hall–Kier alpha value is -3.54. The van der Waals surface area contributed by atoms with E-state index in [2.05, 4.69) is 5.32 Å². The van der Waals surface area contributed by atoms with Gasteiger partial charge in [0.25, 0.3) is 5.91 Å². The third-order valence-electron chi connectivity index (χ3n) is 4.98. The summed E-state index contributed by atoms with van der Waals surface area (Å²) in [6.07, 6.45) is 0. The highest BCUT2D eigenvalue weighted by Gasteiger charge is 2.25. The molecule has 0 saturated carbocycles. The molecule has 0 spiro atoms. The van der Waals surface area contributed by atoms with Crippen LogP contribution >= 0.6 is 0 Å². The summed E-state index contributed by atoms with van der Waals surface area (Å²) in [5, 5.41) is 14.6. The zero-order valence-electron chi connectivity index (χ0n) is 15.3. The van der Waals surface area contributed by atoms with Gasteiger partial charge in [0.05, 0.1) is 5.69 Å². The van der Waals surface area contributed by atoms with Crippen LogP contribution in [0.3, 0.4) is 0 Å². The van der Waals surface area contributed by atoms with Gasteiger partial charge in [-0.2, -0.15) is 0 Å². The van der Waals surface area contributed by atoms with Gasteiger partial charge in [-0.05, 0) is 29.7 Å². The Morgan fingerprint density at radius 1 is 0.821 bits per heavy atom. The normalized spacial score (nSPS) is 14.1. The van der Waals surface area contributed by atoms with Gasteiger partial charge in [0, 0.05) is 37.1 Å². The van der Waals surface area contributed by atoms with E-state index < -0.39 is 0 Å². The van der Waals surface area contributed by atoms with Crippen LogP contribution in [-0.4, -0.2) is 53.0 Å². The molecule has 3 aromatic carbocycles. The van der Waals surface area contributed by atoms with Gasteiger partial charge in [0.15, 0.2) is 0 Å². The second-order valence-electron chi connectivity index (χ2n) is 6.79. The number of nitrogens with zero attached hydrogens (tertiary/aromatic N) is 2. The summed E-state index contributed by atoms with van der Waals surface area (Å²) < 4.78 is 0. The van der Waals surface area contributed by atoms with E-state index in [1.807, 2.05) is 42.5 Å². The highest BCUT2D eigenvalue weighted by molar-refractivity contribution is 6.01.